The van der Waals surface area contributed by atoms with E-state index in [2.05, 4.69) is 25.3 Å². The van der Waals surface area contributed by atoms with Gasteiger partial charge < -0.3 is 10.2 Å². The lowest BCUT2D eigenvalue weighted by Gasteiger charge is -2.31. The van der Waals surface area contributed by atoms with Crippen LogP contribution in [0.4, 0.5) is 5.82 Å². The molecule has 0 radical (unpaired) electrons. The molecule has 4 rings (SSSR count). The minimum atomic E-state index is -3.50. The maximum atomic E-state index is 12.7. The van der Waals surface area contributed by atoms with Gasteiger partial charge in [0, 0.05) is 44.6 Å². The van der Waals surface area contributed by atoms with Crippen molar-refractivity contribution in [3.63, 3.8) is 0 Å². The van der Waals surface area contributed by atoms with E-state index in [-0.39, 0.29) is 4.90 Å². The second-order valence-corrected chi connectivity index (χ2v) is 8.42. The maximum absolute atomic E-state index is 12.7. The molecule has 3 aromatic heterocycles. The normalized spacial score (nSPS) is 16.6. The van der Waals surface area contributed by atoms with Crippen LogP contribution in [0.25, 0.3) is 5.65 Å². The van der Waals surface area contributed by atoms with Crippen LogP contribution in [0.1, 0.15) is 5.69 Å². The molecule has 1 fully saturated rings. The summed E-state index contributed by atoms with van der Waals surface area (Å²) in [5, 5.41) is 7.43. The summed E-state index contributed by atoms with van der Waals surface area (Å²) < 4.78 is 28.7. The molecule has 1 aliphatic rings. The van der Waals surface area contributed by atoms with Gasteiger partial charge in [-0.3, -0.25) is 0 Å². The molecule has 1 saturated heterocycles. The Morgan fingerprint density at radius 3 is 2.59 bits per heavy atom. The van der Waals surface area contributed by atoms with Crippen molar-refractivity contribution in [1.82, 2.24) is 28.8 Å². The highest BCUT2D eigenvalue weighted by Gasteiger charge is 2.27. The number of anilines is 1. The quantitative estimate of drug-likeness (QED) is 0.687. The first-order valence-corrected chi connectivity index (χ1v) is 10.1. The minimum absolute atomic E-state index is 0.219. The average Bonchev–Trinajstić information content (AvgIpc) is 3.16. The number of rotatable bonds is 5. The molecule has 0 amide bonds. The van der Waals surface area contributed by atoms with E-state index in [9.17, 15) is 8.42 Å². The molecule has 1 aliphatic heterocycles. The largest absolute Gasteiger partial charge is 0.364 e. The molecule has 0 aromatic carbocycles. The first-order valence-electron chi connectivity index (χ1n) is 8.70. The fourth-order valence-corrected chi connectivity index (χ4v) is 4.38. The standard InChI is InChI=1S/C17H21N7O2S/c1-22-8-10-23(11-9-22)27(25,26)15-2-3-16(20-13-15)19-12-14-4-6-18-17-5-7-21-24(14)17/h2-7,13H,8-12H2,1H3,(H,19,20). The van der Waals surface area contributed by atoms with Gasteiger partial charge in [0.25, 0.3) is 0 Å². The summed E-state index contributed by atoms with van der Waals surface area (Å²) in [6.45, 7) is 2.97. The highest BCUT2D eigenvalue weighted by Crippen LogP contribution is 2.18. The van der Waals surface area contributed by atoms with Crippen molar-refractivity contribution in [2.75, 3.05) is 38.5 Å². The van der Waals surface area contributed by atoms with Gasteiger partial charge in [-0.2, -0.15) is 9.40 Å². The topological polar surface area (TPSA) is 95.7 Å². The number of sulfonamides is 1. The fourth-order valence-electron chi connectivity index (χ4n) is 3.02. The Labute approximate surface area is 157 Å². The average molecular weight is 387 g/mol. The van der Waals surface area contributed by atoms with Crippen molar-refractivity contribution in [3.05, 3.63) is 48.5 Å². The first kappa shape index (κ1) is 17.8. The Bertz CT molecular complexity index is 1020. The number of hydrogen-bond acceptors (Lipinski definition) is 7. The molecule has 1 N–H and O–H groups in total. The molecule has 0 bridgehead atoms. The lowest BCUT2D eigenvalue weighted by molar-refractivity contribution is 0.222. The van der Waals surface area contributed by atoms with Gasteiger partial charge >= 0.3 is 0 Å². The number of nitrogens with one attached hydrogen (secondary N) is 1. The molecule has 142 valence electrons. The molecule has 0 spiro atoms. The SMILES string of the molecule is CN1CCN(S(=O)(=O)c2ccc(NCc3ccnc4ccnn34)nc2)CC1. The molecule has 3 aromatic rings. The van der Waals surface area contributed by atoms with E-state index in [4.69, 9.17) is 0 Å². The van der Waals surface area contributed by atoms with Crippen molar-refractivity contribution in [2.45, 2.75) is 11.4 Å². The van der Waals surface area contributed by atoms with Crippen LogP contribution in [0.15, 0.2) is 47.8 Å². The van der Waals surface area contributed by atoms with E-state index in [0.29, 0.717) is 25.5 Å². The summed E-state index contributed by atoms with van der Waals surface area (Å²) in [5.41, 5.74) is 1.71. The molecule has 0 unspecified atom stereocenters. The summed E-state index contributed by atoms with van der Waals surface area (Å²) in [6.07, 6.45) is 4.83. The van der Waals surface area contributed by atoms with E-state index in [1.807, 2.05) is 19.2 Å². The van der Waals surface area contributed by atoms with E-state index < -0.39 is 10.0 Å². The van der Waals surface area contributed by atoms with Gasteiger partial charge in [0.1, 0.15) is 10.7 Å². The number of pyridine rings is 1. The molecule has 0 atom stereocenters. The molecular weight excluding hydrogens is 366 g/mol. The Kier molecular flexibility index (Phi) is 4.77. The summed E-state index contributed by atoms with van der Waals surface area (Å²) in [4.78, 5) is 10.8. The van der Waals surface area contributed by atoms with Gasteiger partial charge in [-0.05, 0) is 25.2 Å². The van der Waals surface area contributed by atoms with Crippen LogP contribution < -0.4 is 5.32 Å². The van der Waals surface area contributed by atoms with E-state index in [1.54, 1.807) is 29.0 Å². The zero-order chi connectivity index (χ0) is 18.9. The predicted molar refractivity (Wildman–Crippen MR) is 101 cm³/mol. The fraction of sp³-hybridized carbons (Fsp3) is 0.353. The summed E-state index contributed by atoms with van der Waals surface area (Å²) >= 11 is 0. The Balaban J connectivity index is 1.45. The number of aromatic nitrogens is 4. The van der Waals surface area contributed by atoms with Gasteiger partial charge in [-0.1, -0.05) is 0 Å². The molecule has 10 heteroatoms. The Morgan fingerprint density at radius 1 is 1.04 bits per heavy atom. The van der Waals surface area contributed by atoms with Crippen LogP contribution >= 0.6 is 0 Å². The van der Waals surface area contributed by atoms with Gasteiger partial charge in [0.05, 0.1) is 18.4 Å². The molecule has 27 heavy (non-hydrogen) atoms. The highest BCUT2D eigenvalue weighted by molar-refractivity contribution is 7.89. The first-order chi connectivity index (χ1) is 13.0. The van der Waals surface area contributed by atoms with Gasteiger partial charge in [0.15, 0.2) is 5.65 Å². The third kappa shape index (κ3) is 3.64. The van der Waals surface area contributed by atoms with Crippen molar-refractivity contribution < 1.29 is 8.42 Å². The van der Waals surface area contributed by atoms with Crippen LogP contribution in [0.5, 0.6) is 0 Å². The lowest BCUT2D eigenvalue weighted by Crippen LogP contribution is -2.47. The van der Waals surface area contributed by atoms with Crippen molar-refractivity contribution >= 4 is 21.5 Å². The third-order valence-electron chi connectivity index (χ3n) is 4.66. The second kappa shape index (κ2) is 7.22. The highest BCUT2D eigenvalue weighted by atomic mass is 32.2. The van der Waals surface area contributed by atoms with Crippen LogP contribution in [0, 0.1) is 0 Å². The number of likely N-dealkylation sites (N-methyl/N-ethyl adjacent to an activating group) is 1. The predicted octanol–water partition coefficient (Wildman–Crippen LogP) is 0.672. The third-order valence-corrected chi connectivity index (χ3v) is 6.54. The number of piperazine rings is 1. The molecule has 0 saturated carbocycles. The Morgan fingerprint density at radius 2 is 1.85 bits per heavy atom. The number of fused-ring (bicyclic) bond motifs is 1. The smallest absolute Gasteiger partial charge is 0.244 e. The summed E-state index contributed by atoms with van der Waals surface area (Å²) in [7, 11) is -1.50. The monoisotopic (exact) mass is 387 g/mol. The van der Waals surface area contributed by atoms with E-state index in [0.717, 1.165) is 24.4 Å². The molecule has 9 nitrogen and oxygen atoms in total. The molecule has 0 aliphatic carbocycles. The van der Waals surface area contributed by atoms with Crippen LogP contribution in [-0.2, 0) is 16.6 Å². The van der Waals surface area contributed by atoms with E-state index in [1.165, 1.54) is 10.5 Å². The van der Waals surface area contributed by atoms with Gasteiger partial charge in [-0.15, -0.1) is 0 Å². The minimum Gasteiger partial charge on any atom is -0.364 e. The zero-order valence-electron chi connectivity index (χ0n) is 15.0. The zero-order valence-corrected chi connectivity index (χ0v) is 15.8. The van der Waals surface area contributed by atoms with Crippen molar-refractivity contribution in [3.8, 4) is 0 Å². The molecule has 4 heterocycles. The van der Waals surface area contributed by atoms with Crippen molar-refractivity contribution in [1.29, 1.82) is 0 Å². The van der Waals surface area contributed by atoms with Gasteiger partial charge in [0.2, 0.25) is 10.0 Å². The lowest BCUT2D eigenvalue weighted by atomic mass is 10.4. The summed E-state index contributed by atoms with van der Waals surface area (Å²) in [6, 6.07) is 6.99. The van der Waals surface area contributed by atoms with Crippen LogP contribution in [-0.4, -0.2) is 70.4 Å². The summed E-state index contributed by atoms with van der Waals surface area (Å²) in [5.74, 6) is 0.601. The Hall–Kier alpha value is -2.56. The van der Waals surface area contributed by atoms with Crippen LogP contribution in [0.2, 0.25) is 0 Å². The van der Waals surface area contributed by atoms with Crippen LogP contribution in [0.3, 0.4) is 0 Å². The second-order valence-electron chi connectivity index (χ2n) is 6.48. The van der Waals surface area contributed by atoms with Crippen molar-refractivity contribution in [2.24, 2.45) is 0 Å². The number of hydrogen-bond donors (Lipinski definition) is 1. The van der Waals surface area contributed by atoms with E-state index >= 15 is 0 Å². The maximum Gasteiger partial charge on any atom is 0.244 e. The van der Waals surface area contributed by atoms with Gasteiger partial charge in [-0.25, -0.2) is 22.9 Å². The molecular formula is C17H21N7O2S. The number of nitrogens with zero attached hydrogens (tertiary/aromatic N) is 6.